The zero-order chi connectivity index (χ0) is 16.2. The minimum Gasteiger partial charge on any atom is -0.408 e. The van der Waals surface area contributed by atoms with E-state index in [1.54, 1.807) is 6.92 Å². The van der Waals surface area contributed by atoms with Gasteiger partial charge in [-0.2, -0.15) is 0 Å². The molecule has 0 aromatic rings. The van der Waals surface area contributed by atoms with Crippen LogP contribution in [0.4, 0.5) is 0 Å². The van der Waals surface area contributed by atoms with Crippen molar-refractivity contribution < 1.29 is 23.7 Å². The highest BCUT2D eigenvalue weighted by atomic mass is 28.4. The second-order valence-electron chi connectivity index (χ2n) is 8.15. The van der Waals surface area contributed by atoms with Crippen molar-refractivity contribution in [2.45, 2.75) is 96.2 Å². The lowest BCUT2D eigenvalue weighted by atomic mass is 10.1. The quantitative estimate of drug-likeness (QED) is 0.811. The highest BCUT2D eigenvalue weighted by molar-refractivity contribution is 6.74. The molecule has 5 nitrogen and oxygen atoms in total. The van der Waals surface area contributed by atoms with Crippen molar-refractivity contribution in [3.63, 3.8) is 0 Å². The van der Waals surface area contributed by atoms with E-state index >= 15 is 0 Å². The molecule has 2 fully saturated rings. The normalized spacial score (nSPS) is 37.6. The monoisotopic (exact) mass is 318 g/mol. The van der Waals surface area contributed by atoms with Crippen molar-refractivity contribution in [2.75, 3.05) is 0 Å². The van der Waals surface area contributed by atoms with E-state index < -0.39 is 32.6 Å². The highest BCUT2D eigenvalue weighted by Gasteiger charge is 2.58. The molecule has 0 amide bonds. The Morgan fingerprint density at radius 2 is 1.76 bits per heavy atom. The average molecular weight is 318 g/mol. The van der Waals surface area contributed by atoms with Gasteiger partial charge in [0, 0.05) is 0 Å². The maximum Gasteiger partial charge on any atom is 0.192 e. The number of hydrogen-bond donors (Lipinski definition) is 1. The maximum atomic E-state index is 10.0. The highest BCUT2D eigenvalue weighted by Crippen LogP contribution is 2.44. The lowest BCUT2D eigenvalue weighted by Crippen LogP contribution is -2.51. The molecule has 124 valence electrons. The Morgan fingerprint density at radius 3 is 2.24 bits per heavy atom. The fourth-order valence-electron chi connectivity index (χ4n) is 2.54. The van der Waals surface area contributed by atoms with Crippen LogP contribution < -0.4 is 0 Å². The SMILES string of the molecule is C[C@@H](O)[C@@H]1O[C@H]2OC(C)(C)O[C@H]2[C@H]1O[Si](C)(C)C(C)(C)C. The zero-order valence-corrected chi connectivity index (χ0v) is 15.5. The Kier molecular flexibility index (Phi) is 4.37. The van der Waals surface area contributed by atoms with Crippen LogP contribution in [0.5, 0.6) is 0 Å². The predicted octanol–water partition coefficient (Wildman–Crippen LogP) is 2.63. The van der Waals surface area contributed by atoms with Gasteiger partial charge in [-0.3, -0.25) is 0 Å². The Labute approximate surface area is 129 Å². The number of hydrogen-bond acceptors (Lipinski definition) is 5. The molecule has 2 aliphatic heterocycles. The number of aliphatic hydroxyl groups excluding tert-OH is 1. The third-order valence-corrected chi connectivity index (χ3v) is 9.21. The van der Waals surface area contributed by atoms with Crippen molar-refractivity contribution in [1.82, 2.24) is 0 Å². The van der Waals surface area contributed by atoms with E-state index in [0.717, 1.165) is 0 Å². The summed E-state index contributed by atoms with van der Waals surface area (Å²) in [6, 6.07) is 0. The molecular weight excluding hydrogens is 288 g/mol. The minimum absolute atomic E-state index is 0.0866. The van der Waals surface area contributed by atoms with Crippen LogP contribution >= 0.6 is 0 Å². The molecule has 2 aliphatic rings. The zero-order valence-electron chi connectivity index (χ0n) is 14.5. The van der Waals surface area contributed by atoms with Gasteiger partial charge in [0.05, 0.1) is 6.10 Å². The molecule has 0 bridgehead atoms. The van der Waals surface area contributed by atoms with Gasteiger partial charge in [0.25, 0.3) is 0 Å². The summed E-state index contributed by atoms with van der Waals surface area (Å²) in [6.45, 7) is 16.4. The number of rotatable bonds is 3. The van der Waals surface area contributed by atoms with Crippen LogP contribution in [0.25, 0.3) is 0 Å². The molecular formula is C15H30O5Si. The second-order valence-corrected chi connectivity index (χ2v) is 12.9. The summed E-state index contributed by atoms with van der Waals surface area (Å²) < 4.78 is 24.1. The molecule has 0 saturated carbocycles. The third-order valence-electron chi connectivity index (χ3n) is 4.74. The van der Waals surface area contributed by atoms with Crippen molar-refractivity contribution in [2.24, 2.45) is 0 Å². The number of aliphatic hydroxyl groups is 1. The summed E-state index contributed by atoms with van der Waals surface area (Å²) in [4.78, 5) is 0. The van der Waals surface area contributed by atoms with Gasteiger partial charge in [0.1, 0.15) is 18.3 Å². The molecule has 0 aliphatic carbocycles. The standard InChI is InChI=1S/C15H30O5Si/c1-9(16)10-11(20-21(7,8)14(2,3)4)12-13(17-10)19-15(5,6)18-12/h9-13,16H,1-8H3/t9-,10+,11+,12+,13+/m1/s1. The van der Waals surface area contributed by atoms with E-state index in [-0.39, 0.29) is 17.2 Å². The van der Waals surface area contributed by atoms with Crippen LogP contribution in [0.2, 0.25) is 18.1 Å². The summed E-state index contributed by atoms with van der Waals surface area (Å²) in [5.74, 6) is -0.673. The summed E-state index contributed by atoms with van der Waals surface area (Å²) in [7, 11) is -1.99. The fourth-order valence-corrected chi connectivity index (χ4v) is 3.85. The lowest BCUT2D eigenvalue weighted by Gasteiger charge is -2.40. The van der Waals surface area contributed by atoms with Crippen LogP contribution in [-0.2, 0) is 18.6 Å². The topological polar surface area (TPSA) is 57.2 Å². The molecule has 2 heterocycles. The number of fused-ring (bicyclic) bond motifs is 1. The lowest BCUT2D eigenvalue weighted by molar-refractivity contribution is -0.223. The Hall–Kier alpha value is 0.0169. The summed E-state index contributed by atoms with van der Waals surface area (Å²) >= 11 is 0. The fraction of sp³-hybridized carbons (Fsp3) is 1.00. The first-order valence-electron chi connectivity index (χ1n) is 7.71. The molecule has 2 rings (SSSR count). The molecule has 0 aromatic carbocycles. The van der Waals surface area contributed by atoms with Gasteiger partial charge in [-0.15, -0.1) is 0 Å². The Balaban J connectivity index is 2.21. The van der Waals surface area contributed by atoms with Gasteiger partial charge >= 0.3 is 0 Å². The van der Waals surface area contributed by atoms with Crippen LogP contribution in [0.1, 0.15) is 41.5 Å². The van der Waals surface area contributed by atoms with Crippen molar-refractivity contribution in [3.8, 4) is 0 Å². The van der Waals surface area contributed by atoms with E-state index in [1.807, 2.05) is 13.8 Å². The average Bonchev–Trinajstić information content (AvgIpc) is 2.70. The van der Waals surface area contributed by atoms with E-state index in [4.69, 9.17) is 18.6 Å². The molecule has 6 heteroatoms. The largest absolute Gasteiger partial charge is 0.408 e. The molecule has 0 unspecified atom stereocenters. The van der Waals surface area contributed by atoms with Gasteiger partial charge in [-0.05, 0) is 38.9 Å². The Bertz CT molecular complexity index is 388. The molecule has 1 N–H and O–H groups in total. The van der Waals surface area contributed by atoms with E-state index in [2.05, 4.69) is 33.9 Å². The van der Waals surface area contributed by atoms with Gasteiger partial charge < -0.3 is 23.7 Å². The van der Waals surface area contributed by atoms with Gasteiger partial charge in [-0.1, -0.05) is 20.8 Å². The van der Waals surface area contributed by atoms with E-state index in [1.165, 1.54) is 0 Å². The molecule has 2 saturated heterocycles. The molecule has 0 spiro atoms. The Morgan fingerprint density at radius 1 is 1.19 bits per heavy atom. The molecule has 0 radical (unpaired) electrons. The smallest absolute Gasteiger partial charge is 0.192 e. The van der Waals surface area contributed by atoms with Crippen molar-refractivity contribution in [3.05, 3.63) is 0 Å². The van der Waals surface area contributed by atoms with Crippen LogP contribution in [0.3, 0.4) is 0 Å². The van der Waals surface area contributed by atoms with Crippen LogP contribution in [0.15, 0.2) is 0 Å². The third kappa shape index (κ3) is 3.35. The van der Waals surface area contributed by atoms with Crippen LogP contribution in [0, 0.1) is 0 Å². The van der Waals surface area contributed by atoms with Gasteiger partial charge in [0.2, 0.25) is 0 Å². The molecule has 21 heavy (non-hydrogen) atoms. The summed E-state index contributed by atoms with van der Waals surface area (Å²) in [6.07, 6.45) is -2.08. The van der Waals surface area contributed by atoms with Crippen molar-refractivity contribution in [1.29, 1.82) is 0 Å². The minimum atomic E-state index is -1.99. The number of ether oxygens (including phenoxy) is 3. The van der Waals surface area contributed by atoms with E-state index in [0.29, 0.717) is 0 Å². The summed E-state index contributed by atoms with van der Waals surface area (Å²) in [5, 5.41) is 10.1. The van der Waals surface area contributed by atoms with E-state index in [9.17, 15) is 5.11 Å². The van der Waals surface area contributed by atoms with Gasteiger partial charge in [-0.25, -0.2) is 0 Å². The first kappa shape index (κ1) is 17.4. The summed E-state index contributed by atoms with van der Waals surface area (Å²) in [5.41, 5.74) is 0. The maximum absolute atomic E-state index is 10.0. The molecule has 0 aromatic heterocycles. The first-order chi connectivity index (χ1) is 9.34. The van der Waals surface area contributed by atoms with Gasteiger partial charge in [0.15, 0.2) is 20.4 Å². The molecule has 5 atom stereocenters. The van der Waals surface area contributed by atoms with Crippen LogP contribution in [-0.4, -0.2) is 49.9 Å². The second kappa shape index (κ2) is 5.28. The predicted molar refractivity (Wildman–Crippen MR) is 82.4 cm³/mol. The van der Waals surface area contributed by atoms with Crippen molar-refractivity contribution >= 4 is 8.32 Å². The first-order valence-corrected chi connectivity index (χ1v) is 10.6.